The SMILES string of the molecule is CS(=O)(=O)NC(CC(=O)Nc1cccc([N+](=O)[O-])c1)c1ccc(F)cc1. The fourth-order valence-electron chi connectivity index (χ4n) is 2.28. The summed E-state index contributed by atoms with van der Waals surface area (Å²) in [6.45, 7) is 0. The molecule has 0 bridgehead atoms. The van der Waals surface area contributed by atoms with Crippen molar-refractivity contribution in [3.63, 3.8) is 0 Å². The number of benzene rings is 2. The number of hydrogen-bond acceptors (Lipinski definition) is 5. The van der Waals surface area contributed by atoms with E-state index in [2.05, 4.69) is 10.0 Å². The van der Waals surface area contributed by atoms with Gasteiger partial charge in [-0.05, 0) is 23.8 Å². The van der Waals surface area contributed by atoms with Crippen LogP contribution in [0.25, 0.3) is 0 Å². The Labute approximate surface area is 149 Å². The van der Waals surface area contributed by atoms with Gasteiger partial charge in [-0.1, -0.05) is 18.2 Å². The molecule has 0 aliphatic carbocycles. The van der Waals surface area contributed by atoms with Crippen molar-refractivity contribution in [3.05, 3.63) is 70.0 Å². The van der Waals surface area contributed by atoms with E-state index >= 15 is 0 Å². The summed E-state index contributed by atoms with van der Waals surface area (Å²) in [5.74, 6) is -1.05. The lowest BCUT2D eigenvalue weighted by Gasteiger charge is -2.18. The molecule has 8 nitrogen and oxygen atoms in total. The third kappa shape index (κ3) is 5.90. The van der Waals surface area contributed by atoms with E-state index < -0.39 is 32.7 Å². The standard InChI is InChI=1S/C16H16FN3O5S/c1-26(24,25)19-15(11-5-7-12(17)8-6-11)10-16(21)18-13-3-2-4-14(9-13)20(22)23/h2-9,15,19H,10H2,1H3,(H,18,21). The Morgan fingerprint density at radius 3 is 2.46 bits per heavy atom. The number of carbonyl (C=O) groups is 1. The number of nitro groups is 1. The quantitative estimate of drug-likeness (QED) is 0.564. The molecular formula is C16H16FN3O5S. The van der Waals surface area contributed by atoms with Crippen molar-refractivity contribution < 1.29 is 22.5 Å². The van der Waals surface area contributed by atoms with E-state index in [0.717, 1.165) is 18.4 Å². The second-order valence-electron chi connectivity index (χ2n) is 5.55. The van der Waals surface area contributed by atoms with Crippen LogP contribution < -0.4 is 10.0 Å². The third-order valence-electron chi connectivity index (χ3n) is 3.36. The van der Waals surface area contributed by atoms with Crippen LogP contribution in [0.1, 0.15) is 18.0 Å². The van der Waals surface area contributed by atoms with Crippen molar-refractivity contribution >= 4 is 27.3 Å². The molecule has 0 fully saturated rings. The van der Waals surface area contributed by atoms with Crippen LogP contribution in [0.5, 0.6) is 0 Å². The summed E-state index contributed by atoms with van der Waals surface area (Å²) in [5, 5.41) is 13.3. The first-order chi connectivity index (χ1) is 12.1. The Morgan fingerprint density at radius 1 is 1.23 bits per heavy atom. The number of hydrogen-bond donors (Lipinski definition) is 2. The maximum Gasteiger partial charge on any atom is 0.271 e. The number of sulfonamides is 1. The highest BCUT2D eigenvalue weighted by molar-refractivity contribution is 7.88. The summed E-state index contributed by atoms with van der Waals surface area (Å²) in [6.07, 6.45) is 0.670. The van der Waals surface area contributed by atoms with Crippen LogP contribution >= 0.6 is 0 Å². The molecule has 1 unspecified atom stereocenters. The molecule has 26 heavy (non-hydrogen) atoms. The van der Waals surface area contributed by atoms with E-state index in [0.29, 0.717) is 5.56 Å². The highest BCUT2D eigenvalue weighted by atomic mass is 32.2. The van der Waals surface area contributed by atoms with Gasteiger partial charge < -0.3 is 5.32 Å². The number of rotatable bonds is 7. The van der Waals surface area contributed by atoms with Crippen molar-refractivity contribution in [2.45, 2.75) is 12.5 Å². The first kappa shape index (κ1) is 19.5. The second-order valence-corrected chi connectivity index (χ2v) is 7.33. The fourth-order valence-corrected chi connectivity index (χ4v) is 3.01. The number of anilines is 1. The summed E-state index contributed by atoms with van der Waals surface area (Å²) in [4.78, 5) is 22.4. The Hall–Kier alpha value is -2.85. The maximum atomic E-state index is 13.1. The number of non-ortho nitro benzene ring substituents is 1. The molecule has 0 saturated carbocycles. The number of halogens is 1. The Morgan fingerprint density at radius 2 is 1.88 bits per heavy atom. The highest BCUT2D eigenvalue weighted by Gasteiger charge is 2.20. The van der Waals surface area contributed by atoms with Gasteiger partial charge in [0.05, 0.1) is 17.2 Å². The first-order valence-electron chi connectivity index (χ1n) is 7.41. The minimum atomic E-state index is -3.63. The van der Waals surface area contributed by atoms with E-state index in [1.165, 1.54) is 36.4 Å². The van der Waals surface area contributed by atoms with Crippen molar-refractivity contribution in [1.82, 2.24) is 4.72 Å². The fraction of sp³-hybridized carbons (Fsp3) is 0.188. The van der Waals surface area contributed by atoms with Gasteiger partial charge in [-0.2, -0.15) is 0 Å². The van der Waals surface area contributed by atoms with Gasteiger partial charge in [-0.3, -0.25) is 14.9 Å². The lowest BCUT2D eigenvalue weighted by Crippen LogP contribution is -2.30. The van der Waals surface area contributed by atoms with Crippen LogP contribution in [0.2, 0.25) is 0 Å². The Balaban J connectivity index is 2.16. The van der Waals surface area contributed by atoms with Gasteiger partial charge in [-0.15, -0.1) is 0 Å². The lowest BCUT2D eigenvalue weighted by atomic mass is 10.0. The highest BCUT2D eigenvalue weighted by Crippen LogP contribution is 2.21. The normalized spacial score (nSPS) is 12.4. The number of amides is 1. The molecule has 2 N–H and O–H groups in total. The van der Waals surface area contributed by atoms with Crippen LogP contribution in [-0.2, 0) is 14.8 Å². The van der Waals surface area contributed by atoms with Gasteiger partial charge in [0.15, 0.2) is 0 Å². The van der Waals surface area contributed by atoms with Gasteiger partial charge in [0.25, 0.3) is 5.69 Å². The van der Waals surface area contributed by atoms with Crippen molar-refractivity contribution in [3.8, 4) is 0 Å². The molecule has 10 heteroatoms. The van der Waals surface area contributed by atoms with Crippen molar-refractivity contribution in [2.75, 3.05) is 11.6 Å². The third-order valence-corrected chi connectivity index (χ3v) is 4.07. The zero-order valence-electron chi connectivity index (χ0n) is 13.7. The molecule has 1 atom stereocenters. The van der Waals surface area contributed by atoms with E-state index in [4.69, 9.17) is 0 Å². The largest absolute Gasteiger partial charge is 0.326 e. The molecule has 2 aromatic carbocycles. The zero-order valence-corrected chi connectivity index (χ0v) is 14.5. The van der Waals surface area contributed by atoms with Gasteiger partial charge in [0.1, 0.15) is 5.82 Å². The molecule has 138 valence electrons. The Kier molecular flexibility index (Phi) is 6.01. The molecule has 0 heterocycles. The van der Waals surface area contributed by atoms with Gasteiger partial charge in [0, 0.05) is 24.2 Å². The van der Waals surface area contributed by atoms with E-state index in [-0.39, 0.29) is 17.8 Å². The summed E-state index contributed by atoms with van der Waals surface area (Å²) >= 11 is 0. The molecule has 2 rings (SSSR count). The zero-order chi connectivity index (χ0) is 19.3. The van der Waals surface area contributed by atoms with E-state index in [1.807, 2.05) is 0 Å². The molecule has 1 amide bonds. The minimum absolute atomic E-state index is 0.188. The summed E-state index contributed by atoms with van der Waals surface area (Å²) in [6, 6.07) is 9.51. The van der Waals surface area contributed by atoms with Crippen LogP contribution in [-0.4, -0.2) is 25.5 Å². The predicted molar refractivity (Wildman–Crippen MR) is 93.5 cm³/mol. The number of nitro benzene ring substituents is 1. The van der Waals surface area contributed by atoms with Gasteiger partial charge in [-0.25, -0.2) is 17.5 Å². The van der Waals surface area contributed by atoms with Gasteiger partial charge >= 0.3 is 0 Å². The average Bonchev–Trinajstić information content (AvgIpc) is 2.53. The molecule has 2 aromatic rings. The van der Waals surface area contributed by atoms with Crippen LogP contribution in [0.15, 0.2) is 48.5 Å². The molecule has 0 radical (unpaired) electrons. The lowest BCUT2D eigenvalue weighted by molar-refractivity contribution is -0.384. The minimum Gasteiger partial charge on any atom is -0.326 e. The summed E-state index contributed by atoms with van der Waals surface area (Å²) < 4.78 is 38.5. The van der Waals surface area contributed by atoms with Crippen molar-refractivity contribution in [2.24, 2.45) is 0 Å². The van der Waals surface area contributed by atoms with Gasteiger partial charge in [0.2, 0.25) is 15.9 Å². The van der Waals surface area contributed by atoms with Crippen molar-refractivity contribution in [1.29, 1.82) is 0 Å². The van der Waals surface area contributed by atoms with E-state index in [1.54, 1.807) is 0 Å². The number of carbonyl (C=O) groups excluding carboxylic acids is 1. The smallest absolute Gasteiger partial charge is 0.271 e. The summed E-state index contributed by atoms with van der Waals surface area (Å²) in [7, 11) is -3.63. The monoisotopic (exact) mass is 381 g/mol. The summed E-state index contributed by atoms with van der Waals surface area (Å²) in [5.41, 5.74) is 0.430. The molecular weight excluding hydrogens is 365 g/mol. The molecule has 0 spiro atoms. The van der Waals surface area contributed by atoms with Crippen LogP contribution in [0, 0.1) is 15.9 Å². The van der Waals surface area contributed by atoms with Crippen LogP contribution in [0.3, 0.4) is 0 Å². The van der Waals surface area contributed by atoms with Crippen LogP contribution in [0.4, 0.5) is 15.8 Å². The molecule has 0 aliphatic heterocycles. The molecule has 0 aliphatic rings. The maximum absolute atomic E-state index is 13.1. The molecule has 0 aromatic heterocycles. The number of nitrogens with one attached hydrogen (secondary N) is 2. The second kappa shape index (κ2) is 8.02. The Bertz CT molecular complexity index is 916. The average molecular weight is 381 g/mol. The first-order valence-corrected chi connectivity index (χ1v) is 9.30. The predicted octanol–water partition coefficient (Wildman–Crippen LogP) is 2.35. The topological polar surface area (TPSA) is 118 Å². The van der Waals surface area contributed by atoms with E-state index in [9.17, 15) is 27.7 Å². The molecule has 0 saturated heterocycles. The number of nitrogens with zero attached hydrogens (tertiary/aromatic N) is 1.